The second-order valence-corrected chi connectivity index (χ2v) is 16.9. The van der Waals surface area contributed by atoms with Gasteiger partial charge < -0.3 is 9.47 Å². The van der Waals surface area contributed by atoms with Crippen LogP contribution >= 0.6 is 0 Å². The predicted octanol–water partition coefficient (Wildman–Crippen LogP) is 11.1. The van der Waals surface area contributed by atoms with E-state index in [2.05, 4.69) is 212 Å². The van der Waals surface area contributed by atoms with Gasteiger partial charge in [0.25, 0.3) is 0 Å². The highest BCUT2D eigenvalue weighted by Gasteiger charge is 2.54. The number of hydrogen-bond donors (Lipinski definition) is 0. The molecular formula is C53H39BN2. The van der Waals surface area contributed by atoms with E-state index in [9.17, 15) is 0 Å². The molecule has 1 aromatic heterocycles. The van der Waals surface area contributed by atoms with Crippen LogP contribution in [-0.2, 0) is 10.8 Å². The van der Waals surface area contributed by atoms with Gasteiger partial charge in [-0.25, -0.2) is 0 Å². The molecule has 1 spiro atoms. The minimum Gasteiger partial charge on any atom is -0.311 e. The van der Waals surface area contributed by atoms with Gasteiger partial charge in [-0.2, -0.15) is 0 Å². The van der Waals surface area contributed by atoms with Crippen molar-refractivity contribution in [2.75, 3.05) is 4.90 Å². The molecule has 0 saturated carbocycles. The van der Waals surface area contributed by atoms with Gasteiger partial charge in [-0.1, -0.05) is 178 Å². The van der Waals surface area contributed by atoms with Gasteiger partial charge in [0.05, 0.1) is 22.1 Å². The van der Waals surface area contributed by atoms with E-state index < -0.39 is 5.41 Å². The van der Waals surface area contributed by atoms with Crippen molar-refractivity contribution >= 4 is 62.0 Å². The van der Waals surface area contributed by atoms with Gasteiger partial charge >= 0.3 is 0 Å². The molecule has 0 radical (unpaired) electrons. The van der Waals surface area contributed by atoms with Gasteiger partial charge in [-0.15, -0.1) is 0 Å². The molecule has 0 saturated heterocycles. The molecule has 0 fully saturated rings. The smallest absolute Gasteiger partial charge is 0.246 e. The van der Waals surface area contributed by atoms with Crippen molar-refractivity contribution in [3.8, 4) is 16.8 Å². The molecule has 56 heavy (non-hydrogen) atoms. The summed E-state index contributed by atoms with van der Waals surface area (Å²) in [6, 6.07) is 68.9. The van der Waals surface area contributed by atoms with Crippen LogP contribution in [0.3, 0.4) is 0 Å². The fourth-order valence-corrected chi connectivity index (χ4v) is 10.7. The van der Waals surface area contributed by atoms with Gasteiger partial charge in [0, 0.05) is 27.8 Å². The lowest BCUT2D eigenvalue weighted by Gasteiger charge is -2.49. The van der Waals surface area contributed by atoms with E-state index in [1.54, 1.807) is 0 Å². The summed E-state index contributed by atoms with van der Waals surface area (Å²) in [5.41, 5.74) is 20.2. The van der Waals surface area contributed by atoms with Crippen molar-refractivity contribution in [1.29, 1.82) is 0 Å². The largest absolute Gasteiger partial charge is 0.311 e. The quantitative estimate of drug-likeness (QED) is 0.162. The number of hydrogen-bond acceptors (Lipinski definition) is 1. The summed E-state index contributed by atoms with van der Waals surface area (Å²) in [6.07, 6.45) is 0. The van der Waals surface area contributed by atoms with Gasteiger partial charge in [-0.05, 0) is 85.6 Å². The van der Waals surface area contributed by atoms with Crippen LogP contribution in [0.5, 0.6) is 0 Å². The molecule has 2 aliphatic heterocycles. The zero-order chi connectivity index (χ0) is 37.3. The van der Waals surface area contributed by atoms with Crippen LogP contribution in [0.4, 0.5) is 17.1 Å². The second kappa shape index (κ2) is 11.2. The van der Waals surface area contributed by atoms with Crippen molar-refractivity contribution in [1.82, 2.24) is 4.57 Å². The molecule has 9 aromatic rings. The normalized spacial score (nSPS) is 14.4. The second-order valence-electron chi connectivity index (χ2n) is 16.9. The molecule has 264 valence electrons. The van der Waals surface area contributed by atoms with E-state index in [4.69, 9.17) is 0 Å². The van der Waals surface area contributed by atoms with Crippen LogP contribution in [0.25, 0.3) is 38.6 Å². The highest BCUT2D eigenvalue weighted by molar-refractivity contribution is 6.98. The van der Waals surface area contributed by atoms with Crippen LogP contribution in [0, 0.1) is 0 Å². The molecule has 8 aromatic carbocycles. The summed E-state index contributed by atoms with van der Waals surface area (Å²) in [5, 5.41) is 2.54. The lowest BCUT2D eigenvalue weighted by molar-refractivity contribution is 0.587. The minimum absolute atomic E-state index is 0.0299. The zero-order valence-corrected chi connectivity index (χ0v) is 31.8. The van der Waals surface area contributed by atoms with Crippen molar-refractivity contribution in [3.63, 3.8) is 0 Å². The first-order valence-electron chi connectivity index (χ1n) is 19.9. The maximum atomic E-state index is 2.63. The number of anilines is 3. The maximum Gasteiger partial charge on any atom is 0.246 e. The Hall–Kier alpha value is -6.58. The fourth-order valence-electron chi connectivity index (χ4n) is 10.7. The Balaban J connectivity index is 1.23. The summed E-state index contributed by atoms with van der Waals surface area (Å²) in [5.74, 6) is 0. The van der Waals surface area contributed by atoms with Crippen LogP contribution in [0.1, 0.15) is 48.6 Å². The number of nitrogens with zero attached hydrogens (tertiary/aromatic N) is 2. The molecule has 0 amide bonds. The van der Waals surface area contributed by atoms with Gasteiger partial charge in [0.15, 0.2) is 0 Å². The summed E-state index contributed by atoms with van der Waals surface area (Å²) in [7, 11) is 0. The Morgan fingerprint density at radius 1 is 0.464 bits per heavy atom. The third-order valence-corrected chi connectivity index (χ3v) is 13.0. The summed E-state index contributed by atoms with van der Waals surface area (Å²) in [6.45, 7) is 7.08. The Bertz CT molecular complexity index is 2990. The molecule has 0 bridgehead atoms. The monoisotopic (exact) mass is 714 g/mol. The topological polar surface area (TPSA) is 8.17 Å². The number of fused-ring (bicyclic) bond motifs is 14. The molecule has 3 heteroatoms. The van der Waals surface area contributed by atoms with E-state index in [-0.39, 0.29) is 12.1 Å². The van der Waals surface area contributed by atoms with Gasteiger partial charge in [0.2, 0.25) is 6.71 Å². The Kier molecular flexibility index (Phi) is 6.37. The van der Waals surface area contributed by atoms with Crippen molar-refractivity contribution in [2.45, 2.75) is 31.6 Å². The van der Waals surface area contributed by atoms with E-state index in [1.165, 1.54) is 99.9 Å². The van der Waals surface area contributed by atoms with Crippen LogP contribution in [0.2, 0.25) is 0 Å². The molecule has 3 aliphatic rings. The van der Waals surface area contributed by atoms with Crippen molar-refractivity contribution in [3.05, 3.63) is 210 Å². The summed E-state index contributed by atoms with van der Waals surface area (Å²) >= 11 is 0. The summed E-state index contributed by atoms with van der Waals surface area (Å²) in [4.78, 5) is 2.63. The lowest BCUT2D eigenvalue weighted by atomic mass is 9.34. The Morgan fingerprint density at radius 2 is 1.07 bits per heavy atom. The molecule has 0 N–H and O–H groups in total. The molecule has 2 nitrogen and oxygen atoms in total. The van der Waals surface area contributed by atoms with Crippen molar-refractivity contribution in [2.24, 2.45) is 0 Å². The standard InChI is InChI=1S/C53H39BN2/c1-52(2,3)34-28-31-49-44(32-34)53(41-22-11-7-18-37(41)38-19-8-12-23-42(38)53)43-24-15-25-46-51(43)56(49)50-33-36(29-30-45(50)54(46)35-16-5-4-6-17-35)55-47-26-13-9-20-39(47)40-21-10-14-27-48(40)55/h4-33H,1-3H3. The van der Waals surface area contributed by atoms with Crippen LogP contribution in [0.15, 0.2) is 182 Å². The van der Waals surface area contributed by atoms with Gasteiger partial charge in [-0.3, -0.25) is 0 Å². The van der Waals surface area contributed by atoms with E-state index in [0.29, 0.717) is 0 Å². The van der Waals surface area contributed by atoms with Crippen LogP contribution in [-0.4, -0.2) is 11.3 Å². The van der Waals surface area contributed by atoms with E-state index in [1.807, 2.05) is 0 Å². The first-order valence-corrected chi connectivity index (χ1v) is 19.9. The fraction of sp³-hybridized carbons (Fsp3) is 0.0943. The SMILES string of the molecule is CC(C)(C)c1ccc2c(c1)C1(c3ccccc3-c3ccccc31)c1cccc3c1N2c1cc(-n2c4ccccc4c4ccccc42)ccc1B3c1ccccc1. The first-order chi connectivity index (χ1) is 27.4. The number of benzene rings is 8. The minimum atomic E-state index is -0.491. The highest BCUT2D eigenvalue weighted by Crippen LogP contribution is 2.63. The summed E-state index contributed by atoms with van der Waals surface area (Å²) < 4.78 is 2.46. The highest BCUT2D eigenvalue weighted by atomic mass is 15.2. The third kappa shape index (κ3) is 4.02. The first kappa shape index (κ1) is 31.7. The molecule has 3 heterocycles. The van der Waals surface area contributed by atoms with Gasteiger partial charge in [0.1, 0.15) is 0 Å². The van der Waals surface area contributed by atoms with Crippen LogP contribution < -0.4 is 21.3 Å². The van der Waals surface area contributed by atoms with E-state index in [0.717, 1.165) is 0 Å². The lowest BCUT2D eigenvalue weighted by Crippen LogP contribution is -2.59. The molecular weight excluding hydrogens is 675 g/mol. The number of para-hydroxylation sites is 3. The predicted molar refractivity (Wildman–Crippen MR) is 236 cm³/mol. The molecule has 0 unspecified atom stereocenters. The van der Waals surface area contributed by atoms with Crippen molar-refractivity contribution < 1.29 is 0 Å². The average Bonchev–Trinajstić information content (AvgIpc) is 3.73. The number of rotatable bonds is 2. The Morgan fingerprint density at radius 3 is 1.75 bits per heavy atom. The number of aromatic nitrogens is 1. The average molecular weight is 715 g/mol. The maximum absolute atomic E-state index is 2.63. The molecule has 0 atom stereocenters. The zero-order valence-electron chi connectivity index (χ0n) is 31.8. The molecule has 1 aliphatic carbocycles. The molecule has 12 rings (SSSR count). The van der Waals surface area contributed by atoms with E-state index >= 15 is 0 Å². The Labute approximate surface area is 328 Å². The third-order valence-electron chi connectivity index (χ3n) is 13.0.